The van der Waals surface area contributed by atoms with Crippen LogP contribution >= 0.6 is 0 Å². The summed E-state index contributed by atoms with van der Waals surface area (Å²) in [6.45, 7) is 5.84. The molecular formula is C23H24O6. The molecule has 6 heteroatoms. The first kappa shape index (κ1) is 21.8. The number of ether oxygens (including phenoxy) is 2. The van der Waals surface area contributed by atoms with Gasteiger partial charge in [-0.1, -0.05) is 18.2 Å². The molecule has 0 aliphatic heterocycles. The number of phenolic OH excluding ortho intramolecular Hbond substituents is 1. The minimum Gasteiger partial charge on any atom is -0.507 e. The number of carboxylic acids is 1. The predicted octanol–water partition coefficient (Wildman–Crippen LogP) is 4.27. The Hall–Kier alpha value is -3.54. The zero-order valence-corrected chi connectivity index (χ0v) is 16.3. The molecule has 6 nitrogen and oxygen atoms in total. The fourth-order valence-corrected chi connectivity index (χ4v) is 2.69. The van der Waals surface area contributed by atoms with Crippen LogP contribution in [-0.4, -0.2) is 35.2 Å². The minimum absolute atomic E-state index is 0.0719. The van der Waals surface area contributed by atoms with E-state index in [2.05, 4.69) is 6.58 Å². The molecule has 0 heterocycles. The van der Waals surface area contributed by atoms with Gasteiger partial charge in [-0.3, -0.25) is 4.79 Å². The fraction of sp³-hybridized carbons (Fsp3) is 0.217. The standard InChI is InChI=1S/C23H24O6/c1-3-6-20-21(11-10-19(16(2)24)23(20)27)29-14-5-13-28-18-8-4-7-17(15-18)9-12-22(25)26/h3-4,7-12,15,27H,1,5-6,13-14H2,2H3,(H,25,26)/b12-9+. The Morgan fingerprint density at radius 2 is 1.90 bits per heavy atom. The van der Waals surface area contributed by atoms with Crippen LogP contribution in [0.5, 0.6) is 17.2 Å². The first-order valence-corrected chi connectivity index (χ1v) is 9.15. The maximum absolute atomic E-state index is 11.6. The van der Waals surface area contributed by atoms with E-state index in [9.17, 15) is 14.7 Å². The third-order valence-electron chi connectivity index (χ3n) is 4.06. The van der Waals surface area contributed by atoms with Gasteiger partial charge in [0.1, 0.15) is 17.2 Å². The molecule has 2 aromatic carbocycles. The number of aliphatic carboxylic acids is 1. The third kappa shape index (κ3) is 6.53. The van der Waals surface area contributed by atoms with E-state index in [0.29, 0.717) is 43.1 Å². The fourth-order valence-electron chi connectivity index (χ4n) is 2.69. The lowest BCUT2D eigenvalue weighted by atomic mass is 10.0. The minimum atomic E-state index is -1.01. The molecule has 0 aliphatic rings. The topological polar surface area (TPSA) is 93.1 Å². The summed E-state index contributed by atoms with van der Waals surface area (Å²) in [7, 11) is 0. The van der Waals surface area contributed by atoms with Crippen molar-refractivity contribution in [3.05, 3.63) is 71.8 Å². The molecule has 2 rings (SSSR count). The number of carbonyl (C=O) groups excluding carboxylic acids is 1. The molecule has 2 aromatic rings. The van der Waals surface area contributed by atoms with Crippen molar-refractivity contribution in [3.63, 3.8) is 0 Å². The molecule has 0 aliphatic carbocycles. The van der Waals surface area contributed by atoms with E-state index in [-0.39, 0.29) is 17.1 Å². The molecule has 0 fully saturated rings. The number of aromatic hydroxyl groups is 1. The molecule has 0 saturated carbocycles. The van der Waals surface area contributed by atoms with Crippen molar-refractivity contribution in [3.8, 4) is 17.2 Å². The number of carboxylic acid groups (broad SMARTS) is 1. The molecule has 0 bridgehead atoms. The van der Waals surface area contributed by atoms with Gasteiger partial charge in [-0.05, 0) is 49.2 Å². The third-order valence-corrected chi connectivity index (χ3v) is 4.06. The van der Waals surface area contributed by atoms with Crippen molar-refractivity contribution in [2.75, 3.05) is 13.2 Å². The first-order chi connectivity index (χ1) is 13.9. The van der Waals surface area contributed by atoms with Crippen molar-refractivity contribution in [1.82, 2.24) is 0 Å². The average Bonchev–Trinajstić information content (AvgIpc) is 2.68. The molecule has 0 atom stereocenters. The number of hydrogen-bond donors (Lipinski definition) is 2. The number of Topliss-reactive ketones (excluding diaryl/α,β-unsaturated/α-hetero) is 1. The van der Waals surface area contributed by atoms with Crippen molar-refractivity contribution in [1.29, 1.82) is 0 Å². The zero-order chi connectivity index (χ0) is 21.2. The highest BCUT2D eigenvalue weighted by molar-refractivity contribution is 5.97. The highest BCUT2D eigenvalue weighted by atomic mass is 16.5. The van der Waals surface area contributed by atoms with E-state index in [0.717, 1.165) is 11.6 Å². The summed E-state index contributed by atoms with van der Waals surface area (Å²) in [6, 6.07) is 10.3. The second-order valence-electron chi connectivity index (χ2n) is 6.28. The summed E-state index contributed by atoms with van der Waals surface area (Å²) >= 11 is 0. The SMILES string of the molecule is C=CCc1c(OCCCOc2cccc(/C=C/C(=O)O)c2)ccc(C(C)=O)c1O. The maximum atomic E-state index is 11.6. The molecular weight excluding hydrogens is 372 g/mol. The van der Waals surface area contributed by atoms with Crippen LogP contribution in [0, 0.1) is 0 Å². The first-order valence-electron chi connectivity index (χ1n) is 9.15. The molecule has 2 N–H and O–H groups in total. The Balaban J connectivity index is 1.90. The lowest BCUT2D eigenvalue weighted by Crippen LogP contribution is -2.07. The largest absolute Gasteiger partial charge is 0.507 e. The highest BCUT2D eigenvalue weighted by Gasteiger charge is 2.15. The maximum Gasteiger partial charge on any atom is 0.328 e. The van der Waals surface area contributed by atoms with E-state index in [1.807, 2.05) is 0 Å². The lowest BCUT2D eigenvalue weighted by molar-refractivity contribution is -0.131. The van der Waals surface area contributed by atoms with E-state index in [4.69, 9.17) is 14.6 Å². The number of phenols is 1. The van der Waals surface area contributed by atoms with Crippen LogP contribution in [0.4, 0.5) is 0 Å². The van der Waals surface area contributed by atoms with Gasteiger partial charge in [0.2, 0.25) is 0 Å². The van der Waals surface area contributed by atoms with Crippen LogP contribution in [0.3, 0.4) is 0 Å². The van der Waals surface area contributed by atoms with Gasteiger partial charge in [0, 0.05) is 18.1 Å². The summed E-state index contributed by atoms with van der Waals surface area (Å²) in [5.41, 5.74) is 1.53. The van der Waals surface area contributed by atoms with E-state index >= 15 is 0 Å². The van der Waals surface area contributed by atoms with Gasteiger partial charge in [0.05, 0.1) is 18.8 Å². The van der Waals surface area contributed by atoms with Gasteiger partial charge in [-0.15, -0.1) is 6.58 Å². The number of hydrogen-bond acceptors (Lipinski definition) is 5. The zero-order valence-electron chi connectivity index (χ0n) is 16.3. The van der Waals surface area contributed by atoms with Crippen LogP contribution in [-0.2, 0) is 11.2 Å². The average molecular weight is 396 g/mol. The molecule has 0 radical (unpaired) electrons. The van der Waals surface area contributed by atoms with Crippen LogP contribution < -0.4 is 9.47 Å². The molecule has 0 amide bonds. The normalized spacial score (nSPS) is 10.7. The van der Waals surface area contributed by atoms with Gasteiger partial charge in [0.15, 0.2) is 5.78 Å². The monoisotopic (exact) mass is 396 g/mol. The number of carbonyl (C=O) groups is 2. The van der Waals surface area contributed by atoms with E-state index in [1.54, 1.807) is 42.5 Å². The Labute approximate surface area is 169 Å². The van der Waals surface area contributed by atoms with E-state index in [1.165, 1.54) is 13.0 Å². The van der Waals surface area contributed by atoms with Crippen LogP contribution in [0.25, 0.3) is 6.08 Å². The summed E-state index contributed by atoms with van der Waals surface area (Å²) in [5, 5.41) is 19.0. The van der Waals surface area contributed by atoms with Crippen LogP contribution in [0.15, 0.2) is 55.1 Å². The number of ketones is 1. The predicted molar refractivity (Wildman–Crippen MR) is 111 cm³/mol. The molecule has 0 unspecified atom stereocenters. The smallest absolute Gasteiger partial charge is 0.328 e. The Morgan fingerprint density at radius 3 is 2.59 bits per heavy atom. The van der Waals surface area contributed by atoms with Crippen LogP contribution in [0.2, 0.25) is 0 Å². The Morgan fingerprint density at radius 1 is 1.14 bits per heavy atom. The van der Waals surface area contributed by atoms with Crippen molar-refractivity contribution in [2.24, 2.45) is 0 Å². The quantitative estimate of drug-likeness (QED) is 0.255. The van der Waals surface area contributed by atoms with Gasteiger partial charge in [-0.25, -0.2) is 4.79 Å². The molecule has 29 heavy (non-hydrogen) atoms. The van der Waals surface area contributed by atoms with Crippen molar-refractivity contribution < 1.29 is 29.3 Å². The second-order valence-corrected chi connectivity index (χ2v) is 6.28. The second kappa shape index (κ2) is 10.7. The molecule has 0 spiro atoms. The Kier molecular flexibility index (Phi) is 8.03. The van der Waals surface area contributed by atoms with E-state index < -0.39 is 5.97 Å². The summed E-state index contributed by atoms with van der Waals surface area (Å²) in [6.07, 6.45) is 5.19. The number of allylic oxidation sites excluding steroid dienone is 1. The number of rotatable bonds is 11. The van der Waals surface area contributed by atoms with Gasteiger partial charge < -0.3 is 19.7 Å². The lowest BCUT2D eigenvalue weighted by Gasteiger charge is -2.14. The van der Waals surface area contributed by atoms with Crippen molar-refractivity contribution in [2.45, 2.75) is 19.8 Å². The summed E-state index contributed by atoms with van der Waals surface area (Å²) < 4.78 is 11.4. The van der Waals surface area contributed by atoms with Gasteiger partial charge in [-0.2, -0.15) is 0 Å². The Bertz CT molecular complexity index is 914. The molecule has 0 saturated heterocycles. The van der Waals surface area contributed by atoms with Gasteiger partial charge >= 0.3 is 5.97 Å². The summed E-state index contributed by atoms with van der Waals surface area (Å²) in [5.74, 6) is -0.154. The summed E-state index contributed by atoms with van der Waals surface area (Å²) in [4.78, 5) is 22.2. The molecule has 152 valence electrons. The highest BCUT2D eigenvalue weighted by Crippen LogP contribution is 2.32. The number of benzene rings is 2. The molecule has 0 aromatic heterocycles. The van der Waals surface area contributed by atoms with Crippen LogP contribution in [0.1, 0.15) is 34.8 Å². The van der Waals surface area contributed by atoms with Gasteiger partial charge in [0.25, 0.3) is 0 Å². The van der Waals surface area contributed by atoms with Crippen molar-refractivity contribution >= 4 is 17.8 Å².